The van der Waals surface area contributed by atoms with Crippen LogP contribution >= 0.6 is 0 Å². The van der Waals surface area contributed by atoms with Crippen molar-refractivity contribution in [2.24, 2.45) is 0 Å². The van der Waals surface area contributed by atoms with Crippen LogP contribution in [0.15, 0.2) is 73.1 Å². The maximum atomic E-state index is 11.0. The Morgan fingerprint density at radius 3 is 1.92 bits per heavy atom. The van der Waals surface area contributed by atoms with Crippen LogP contribution in [0.1, 0.15) is 29.2 Å². The average molecular weight is 663 g/mol. The molecule has 0 unspecified atom stereocenters. The molecule has 0 atom stereocenters. The van der Waals surface area contributed by atoms with Crippen LogP contribution in [0.4, 0.5) is 24.8 Å². The van der Waals surface area contributed by atoms with Gasteiger partial charge in [0.15, 0.2) is 0 Å². The van der Waals surface area contributed by atoms with E-state index in [2.05, 4.69) is 32.7 Å². The number of anilines is 2. The van der Waals surface area contributed by atoms with E-state index >= 15 is 0 Å². The van der Waals surface area contributed by atoms with Crippen LogP contribution in [0.3, 0.4) is 0 Å². The van der Waals surface area contributed by atoms with E-state index in [0.717, 1.165) is 16.9 Å². The standard InChI is InChI=1S/C31H28N6O4.C2HF3O2/c1-21(38)40-14-15-41-26-11-7-24(8-12-26)29-27(16-32)30(35-19-22-5-9-25(39-2)10-6-22)37-31(28(29)17-33)36-20-23-4-3-13-34-18-23;3-2(4,5)1(6)7/h3-13,18H,14-15,19-20H2,1-2H3,(H2,35,36,37);(H,6,7). The van der Waals surface area contributed by atoms with E-state index in [1.54, 1.807) is 43.8 Å². The second-order valence-electron chi connectivity index (χ2n) is 9.59. The molecule has 2 aromatic heterocycles. The molecule has 0 saturated heterocycles. The molecular formula is C33H29F3N6O6. The molecule has 2 aromatic carbocycles. The van der Waals surface area contributed by atoms with Gasteiger partial charge in [-0.3, -0.25) is 9.78 Å². The van der Waals surface area contributed by atoms with Crippen molar-refractivity contribution < 1.29 is 42.1 Å². The normalized spacial score (nSPS) is 10.3. The van der Waals surface area contributed by atoms with Crippen molar-refractivity contribution in [2.45, 2.75) is 26.2 Å². The summed E-state index contributed by atoms with van der Waals surface area (Å²) in [5, 5.41) is 34.1. The number of aliphatic carboxylic acids is 1. The highest BCUT2D eigenvalue weighted by Gasteiger charge is 2.38. The fourth-order valence-corrected chi connectivity index (χ4v) is 4.03. The fourth-order valence-electron chi connectivity index (χ4n) is 4.03. The molecule has 0 bridgehead atoms. The van der Waals surface area contributed by atoms with Crippen LogP contribution in [0.5, 0.6) is 11.5 Å². The van der Waals surface area contributed by atoms with E-state index in [4.69, 9.17) is 24.1 Å². The zero-order chi connectivity index (χ0) is 35.1. The van der Waals surface area contributed by atoms with E-state index < -0.39 is 12.1 Å². The van der Waals surface area contributed by atoms with Crippen molar-refractivity contribution in [3.63, 3.8) is 0 Å². The molecule has 0 saturated carbocycles. The summed E-state index contributed by atoms with van der Waals surface area (Å²) in [4.78, 5) is 28.7. The highest BCUT2D eigenvalue weighted by molar-refractivity contribution is 5.85. The van der Waals surface area contributed by atoms with Gasteiger partial charge in [0.1, 0.15) is 59.6 Å². The van der Waals surface area contributed by atoms with Crippen LogP contribution in [0.2, 0.25) is 0 Å². The second-order valence-corrected chi connectivity index (χ2v) is 9.59. The number of nitriles is 2. The summed E-state index contributed by atoms with van der Waals surface area (Å²) in [7, 11) is 1.61. The average Bonchev–Trinajstić information content (AvgIpc) is 3.08. The van der Waals surface area contributed by atoms with Gasteiger partial charge in [0.2, 0.25) is 0 Å². The van der Waals surface area contributed by atoms with Gasteiger partial charge in [0.25, 0.3) is 0 Å². The summed E-state index contributed by atoms with van der Waals surface area (Å²) in [6.45, 7) is 2.45. The molecule has 0 spiro atoms. The zero-order valence-corrected chi connectivity index (χ0v) is 25.7. The minimum absolute atomic E-state index is 0.133. The number of hydrogen-bond acceptors (Lipinski definition) is 11. The van der Waals surface area contributed by atoms with Crippen LogP contribution in [0, 0.1) is 22.7 Å². The van der Waals surface area contributed by atoms with Gasteiger partial charge in [-0.1, -0.05) is 30.3 Å². The van der Waals surface area contributed by atoms with Gasteiger partial charge < -0.3 is 30.0 Å². The van der Waals surface area contributed by atoms with Crippen molar-refractivity contribution in [3.05, 3.63) is 95.3 Å². The first-order valence-electron chi connectivity index (χ1n) is 14.0. The molecule has 4 aromatic rings. The third-order valence-corrected chi connectivity index (χ3v) is 6.27. The molecule has 0 amide bonds. The van der Waals surface area contributed by atoms with Gasteiger partial charge in [0.05, 0.1) is 7.11 Å². The monoisotopic (exact) mass is 662 g/mol. The first kappa shape index (κ1) is 36.1. The molecule has 4 rings (SSSR count). The highest BCUT2D eigenvalue weighted by Crippen LogP contribution is 2.36. The number of carboxylic acid groups (broad SMARTS) is 1. The van der Waals surface area contributed by atoms with E-state index in [1.165, 1.54) is 6.92 Å². The summed E-state index contributed by atoms with van der Waals surface area (Å²) in [5.41, 5.74) is 3.44. The van der Waals surface area contributed by atoms with Gasteiger partial charge in [0, 0.05) is 38.0 Å². The Morgan fingerprint density at radius 1 is 0.875 bits per heavy atom. The largest absolute Gasteiger partial charge is 0.497 e. The smallest absolute Gasteiger partial charge is 0.490 e. The van der Waals surface area contributed by atoms with Crippen LogP contribution in [0.25, 0.3) is 11.1 Å². The van der Waals surface area contributed by atoms with Gasteiger partial charge in [-0.05, 0) is 47.0 Å². The number of hydrogen-bond donors (Lipinski definition) is 3. The molecular weight excluding hydrogens is 633 g/mol. The van der Waals surface area contributed by atoms with Crippen molar-refractivity contribution >= 4 is 23.6 Å². The fraction of sp³-hybridized carbons (Fsp3) is 0.212. The SMILES string of the molecule is COc1ccc(CNc2nc(NCc3cccnc3)c(C#N)c(-c3ccc(OCCOC(C)=O)cc3)c2C#N)cc1.O=C(O)C(F)(F)F. The van der Waals surface area contributed by atoms with Crippen LogP contribution < -0.4 is 20.1 Å². The Kier molecular flexibility index (Phi) is 13.1. The van der Waals surface area contributed by atoms with Crippen molar-refractivity contribution in [3.8, 4) is 34.8 Å². The van der Waals surface area contributed by atoms with Crippen LogP contribution in [-0.2, 0) is 27.4 Å². The number of carboxylic acids is 1. The van der Waals surface area contributed by atoms with E-state index in [9.17, 15) is 28.5 Å². The number of carbonyl (C=O) groups excluding carboxylic acids is 1. The molecule has 15 heteroatoms. The van der Waals surface area contributed by atoms with E-state index in [1.807, 2.05) is 36.4 Å². The molecule has 0 fully saturated rings. The Hall–Kier alpha value is -6.35. The van der Waals surface area contributed by atoms with Crippen molar-refractivity contribution in [1.82, 2.24) is 9.97 Å². The van der Waals surface area contributed by atoms with Crippen molar-refractivity contribution in [1.29, 1.82) is 10.5 Å². The van der Waals surface area contributed by atoms with Crippen LogP contribution in [-0.4, -0.2) is 53.5 Å². The Labute approximate surface area is 273 Å². The lowest BCUT2D eigenvalue weighted by Gasteiger charge is -2.17. The number of alkyl halides is 3. The van der Waals surface area contributed by atoms with Gasteiger partial charge >= 0.3 is 18.1 Å². The summed E-state index contributed by atoms with van der Waals surface area (Å²) in [5.74, 6) is -1.16. The number of benzene rings is 2. The summed E-state index contributed by atoms with van der Waals surface area (Å²) in [6, 6.07) is 22.8. The molecule has 0 aliphatic rings. The number of esters is 1. The molecule has 0 radical (unpaired) electrons. The number of halogens is 3. The number of rotatable bonds is 12. The molecule has 48 heavy (non-hydrogen) atoms. The molecule has 3 N–H and O–H groups in total. The lowest BCUT2D eigenvalue weighted by atomic mass is 9.95. The lowest BCUT2D eigenvalue weighted by molar-refractivity contribution is -0.192. The Balaban J connectivity index is 0.000000804. The third-order valence-electron chi connectivity index (χ3n) is 6.27. The first-order chi connectivity index (χ1) is 23.0. The number of carbonyl (C=O) groups is 2. The third kappa shape index (κ3) is 10.6. The molecule has 248 valence electrons. The number of nitrogens with one attached hydrogen (secondary N) is 2. The summed E-state index contributed by atoms with van der Waals surface area (Å²) in [6.07, 6.45) is -1.67. The lowest BCUT2D eigenvalue weighted by Crippen LogP contribution is -2.21. The minimum Gasteiger partial charge on any atom is -0.497 e. The summed E-state index contributed by atoms with van der Waals surface area (Å²) >= 11 is 0. The quantitative estimate of drug-likeness (QED) is 0.125. The Morgan fingerprint density at radius 2 is 1.44 bits per heavy atom. The molecule has 0 aliphatic carbocycles. The minimum atomic E-state index is -5.08. The first-order valence-corrected chi connectivity index (χ1v) is 14.0. The zero-order valence-electron chi connectivity index (χ0n) is 25.7. The molecule has 12 nitrogen and oxygen atoms in total. The van der Waals surface area contributed by atoms with E-state index in [-0.39, 0.29) is 30.3 Å². The molecule has 2 heterocycles. The topological polar surface area (TPSA) is 179 Å². The summed E-state index contributed by atoms with van der Waals surface area (Å²) < 4.78 is 47.5. The number of pyridine rings is 2. The number of nitrogens with zero attached hydrogens (tertiary/aromatic N) is 4. The van der Waals surface area contributed by atoms with Gasteiger partial charge in [-0.15, -0.1) is 0 Å². The van der Waals surface area contributed by atoms with Gasteiger partial charge in [-0.2, -0.15) is 23.7 Å². The second kappa shape index (κ2) is 17.4. The Bertz CT molecular complexity index is 1770. The van der Waals surface area contributed by atoms with Crippen molar-refractivity contribution in [2.75, 3.05) is 31.0 Å². The molecule has 0 aliphatic heterocycles. The van der Waals surface area contributed by atoms with Gasteiger partial charge in [-0.25, -0.2) is 9.78 Å². The predicted molar refractivity (Wildman–Crippen MR) is 167 cm³/mol. The number of ether oxygens (including phenoxy) is 3. The number of methoxy groups -OCH3 is 1. The maximum Gasteiger partial charge on any atom is 0.490 e. The maximum absolute atomic E-state index is 11.0. The highest BCUT2D eigenvalue weighted by atomic mass is 19.4. The predicted octanol–water partition coefficient (Wildman–Crippen LogP) is 5.69. The number of aromatic nitrogens is 2. The van der Waals surface area contributed by atoms with E-state index in [0.29, 0.717) is 41.6 Å².